The minimum atomic E-state index is 0.597. The highest BCUT2D eigenvalue weighted by molar-refractivity contribution is 5.30. The summed E-state index contributed by atoms with van der Waals surface area (Å²) >= 11 is 0. The molecule has 1 unspecified atom stereocenters. The van der Waals surface area contributed by atoms with E-state index >= 15 is 0 Å². The molecular formula is C16H23N3. The smallest absolute Gasteiger partial charge is 0.0946 e. The molecular weight excluding hydrogens is 234 g/mol. The van der Waals surface area contributed by atoms with Crippen molar-refractivity contribution in [2.75, 3.05) is 6.54 Å². The number of hydrogen-bond acceptors (Lipinski definition) is 2. The van der Waals surface area contributed by atoms with Crippen molar-refractivity contribution in [2.24, 2.45) is 5.92 Å². The fourth-order valence-electron chi connectivity index (χ4n) is 2.32. The molecule has 0 amide bonds. The van der Waals surface area contributed by atoms with Gasteiger partial charge in [0.25, 0.3) is 0 Å². The maximum atomic E-state index is 4.07. The van der Waals surface area contributed by atoms with E-state index in [1.807, 2.05) is 18.7 Å². The normalized spacial score (nSPS) is 12.6. The summed E-state index contributed by atoms with van der Waals surface area (Å²) in [6.45, 7) is 9.55. The second-order valence-corrected chi connectivity index (χ2v) is 5.43. The summed E-state index contributed by atoms with van der Waals surface area (Å²) in [5.41, 5.74) is 4.09. The first kappa shape index (κ1) is 13.8. The molecule has 0 bridgehead atoms. The van der Waals surface area contributed by atoms with E-state index < -0.39 is 0 Å². The van der Waals surface area contributed by atoms with Crippen LogP contribution in [0.1, 0.15) is 23.6 Å². The van der Waals surface area contributed by atoms with Gasteiger partial charge < -0.3 is 9.88 Å². The Hall–Kier alpha value is -1.61. The first-order valence-electron chi connectivity index (χ1n) is 6.87. The van der Waals surface area contributed by atoms with Crippen molar-refractivity contribution in [3.05, 3.63) is 53.6 Å². The summed E-state index contributed by atoms with van der Waals surface area (Å²) in [6.07, 6.45) is 5.72. The molecule has 19 heavy (non-hydrogen) atoms. The van der Waals surface area contributed by atoms with Gasteiger partial charge in [-0.05, 0) is 37.4 Å². The topological polar surface area (TPSA) is 29.9 Å². The van der Waals surface area contributed by atoms with Gasteiger partial charge in [0.05, 0.1) is 6.33 Å². The Bertz CT molecular complexity index is 503. The van der Waals surface area contributed by atoms with Crippen LogP contribution in [-0.4, -0.2) is 16.1 Å². The molecule has 0 fully saturated rings. The minimum absolute atomic E-state index is 0.597. The van der Waals surface area contributed by atoms with Gasteiger partial charge in [-0.2, -0.15) is 0 Å². The van der Waals surface area contributed by atoms with Crippen LogP contribution in [0.15, 0.2) is 36.9 Å². The van der Waals surface area contributed by atoms with E-state index in [0.29, 0.717) is 5.92 Å². The van der Waals surface area contributed by atoms with E-state index in [0.717, 1.165) is 19.6 Å². The maximum absolute atomic E-state index is 4.07. The maximum Gasteiger partial charge on any atom is 0.0946 e. The van der Waals surface area contributed by atoms with Gasteiger partial charge in [-0.1, -0.05) is 30.7 Å². The van der Waals surface area contributed by atoms with Gasteiger partial charge >= 0.3 is 0 Å². The molecule has 1 aromatic heterocycles. The van der Waals surface area contributed by atoms with Crippen LogP contribution in [0.5, 0.6) is 0 Å². The summed E-state index contributed by atoms with van der Waals surface area (Å²) in [7, 11) is 0. The van der Waals surface area contributed by atoms with Crippen LogP contribution in [0.3, 0.4) is 0 Å². The fraction of sp³-hybridized carbons (Fsp3) is 0.438. The van der Waals surface area contributed by atoms with Crippen molar-refractivity contribution in [2.45, 2.75) is 33.9 Å². The number of imidazole rings is 1. The average molecular weight is 257 g/mol. The number of nitrogens with one attached hydrogen (secondary N) is 1. The van der Waals surface area contributed by atoms with Crippen LogP contribution in [0.2, 0.25) is 0 Å². The molecule has 1 atom stereocenters. The quantitative estimate of drug-likeness (QED) is 0.862. The predicted octanol–water partition coefficient (Wildman–Crippen LogP) is 2.93. The lowest BCUT2D eigenvalue weighted by Crippen LogP contribution is -2.23. The van der Waals surface area contributed by atoms with Crippen LogP contribution in [0.25, 0.3) is 0 Å². The SMILES string of the molecule is Cc1ccc(CNCC(C)Cn2ccnc2)c(C)c1. The molecule has 0 aliphatic carbocycles. The Morgan fingerprint density at radius 3 is 2.84 bits per heavy atom. The van der Waals surface area contributed by atoms with Crippen molar-refractivity contribution in [1.29, 1.82) is 0 Å². The molecule has 2 aromatic rings. The summed E-state index contributed by atoms with van der Waals surface area (Å²) in [6, 6.07) is 6.64. The molecule has 0 aliphatic heterocycles. The van der Waals surface area contributed by atoms with Crippen LogP contribution < -0.4 is 5.32 Å². The Kier molecular flexibility index (Phi) is 4.74. The number of aromatic nitrogens is 2. The monoisotopic (exact) mass is 257 g/mol. The van der Waals surface area contributed by atoms with E-state index in [4.69, 9.17) is 0 Å². The summed E-state index contributed by atoms with van der Waals surface area (Å²) < 4.78 is 2.13. The average Bonchev–Trinajstić information content (AvgIpc) is 2.84. The molecule has 3 heteroatoms. The molecule has 2 rings (SSSR count). The zero-order valence-electron chi connectivity index (χ0n) is 12.1. The van der Waals surface area contributed by atoms with Crippen LogP contribution in [0, 0.1) is 19.8 Å². The van der Waals surface area contributed by atoms with Crippen LogP contribution in [0.4, 0.5) is 0 Å². The Balaban J connectivity index is 1.76. The Morgan fingerprint density at radius 1 is 1.32 bits per heavy atom. The van der Waals surface area contributed by atoms with Crippen molar-refractivity contribution in [3.8, 4) is 0 Å². The third kappa shape index (κ3) is 4.21. The van der Waals surface area contributed by atoms with Gasteiger partial charge in [0.2, 0.25) is 0 Å². The molecule has 0 spiro atoms. The van der Waals surface area contributed by atoms with E-state index in [1.165, 1.54) is 16.7 Å². The molecule has 0 saturated carbocycles. The first-order valence-corrected chi connectivity index (χ1v) is 6.87. The molecule has 1 aromatic carbocycles. The van der Waals surface area contributed by atoms with E-state index in [9.17, 15) is 0 Å². The summed E-state index contributed by atoms with van der Waals surface area (Å²) in [5, 5.41) is 3.54. The van der Waals surface area contributed by atoms with Gasteiger partial charge in [-0.15, -0.1) is 0 Å². The second-order valence-electron chi connectivity index (χ2n) is 5.43. The molecule has 3 nitrogen and oxygen atoms in total. The fourth-order valence-corrected chi connectivity index (χ4v) is 2.32. The predicted molar refractivity (Wildman–Crippen MR) is 79.0 cm³/mol. The highest BCUT2D eigenvalue weighted by Crippen LogP contribution is 2.10. The molecule has 0 aliphatic rings. The Labute approximate surface area is 115 Å². The highest BCUT2D eigenvalue weighted by Gasteiger charge is 2.03. The van der Waals surface area contributed by atoms with E-state index in [-0.39, 0.29) is 0 Å². The zero-order valence-corrected chi connectivity index (χ0v) is 12.1. The first-order chi connectivity index (χ1) is 9.15. The van der Waals surface area contributed by atoms with Crippen molar-refractivity contribution in [1.82, 2.24) is 14.9 Å². The van der Waals surface area contributed by atoms with Gasteiger partial charge in [0, 0.05) is 25.5 Å². The van der Waals surface area contributed by atoms with Crippen molar-refractivity contribution >= 4 is 0 Å². The van der Waals surface area contributed by atoms with Gasteiger partial charge in [-0.25, -0.2) is 4.98 Å². The van der Waals surface area contributed by atoms with Gasteiger partial charge in [0.15, 0.2) is 0 Å². The van der Waals surface area contributed by atoms with Gasteiger partial charge in [-0.3, -0.25) is 0 Å². The molecule has 102 valence electrons. The van der Waals surface area contributed by atoms with E-state index in [1.54, 1.807) is 0 Å². The lowest BCUT2D eigenvalue weighted by molar-refractivity contribution is 0.445. The lowest BCUT2D eigenvalue weighted by atomic mass is 10.1. The van der Waals surface area contributed by atoms with Crippen molar-refractivity contribution in [3.63, 3.8) is 0 Å². The third-order valence-electron chi connectivity index (χ3n) is 3.39. The number of nitrogens with zero attached hydrogens (tertiary/aromatic N) is 2. The lowest BCUT2D eigenvalue weighted by Gasteiger charge is -2.14. The number of hydrogen-bond donors (Lipinski definition) is 1. The molecule has 1 heterocycles. The Morgan fingerprint density at radius 2 is 2.16 bits per heavy atom. The number of benzene rings is 1. The largest absolute Gasteiger partial charge is 0.337 e. The van der Waals surface area contributed by atoms with Crippen LogP contribution >= 0.6 is 0 Å². The third-order valence-corrected chi connectivity index (χ3v) is 3.39. The van der Waals surface area contributed by atoms with Crippen molar-refractivity contribution < 1.29 is 0 Å². The molecule has 0 radical (unpaired) electrons. The number of aryl methyl sites for hydroxylation is 2. The van der Waals surface area contributed by atoms with Gasteiger partial charge in [0.1, 0.15) is 0 Å². The minimum Gasteiger partial charge on any atom is -0.337 e. The molecule has 0 saturated heterocycles. The summed E-state index contributed by atoms with van der Waals surface area (Å²) in [4.78, 5) is 4.07. The summed E-state index contributed by atoms with van der Waals surface area (Å²) in [5.74, 6) is 0.597. The second kappa shape index (κ2) is 6.53. The molecule has 1 N–H and O–H groups in total. The van der Waals surface area contributed by atoms with E-state index in [2.05, 4.69) is 53.8 Å². The standard InChI is InChI=1S/C16H23N3/c1-13-4-5-16(15(3)8-13)10-18-9-14(2)11-19-7-6-17-12-19/h4-8,12,14,18H,9-11H2,1-3H3. The highest BCUT2D eigenvalue weighted by atomic mass is 15.0. The zero-order chi connectivity index (χ0) is 13.7. The number of rotatable bonds is 6. The van der Waals surface area contributed by atoms with Crippen LogP contribution in [-0.2, 0) is 13.1 Å².